The molecule has 6 heteroatoms. The highest BCUT2D eigenvalue weighted by Crippen LogP contribution is 2.37. The second kappa shape index (κ2) is 9.06. The van der Waals surface area contributed by atoms with Gasteiger partial charge >= 0.3 is 5.97 Å². The van der Waals surface area contributed by atoms with E-state index in [1.807, 2.05) is 48.5 Å². The van der Waals surface area contributed by atoms with Crippen LogP contribution in [0.1, 0.15) is 10.5 Å². The molecule has 0 bridgehead atoms. The number of hydrogen-bond donors (Lipinski definition) is 1. The van der Waals surface area contributed by atoms with Crippen LogP contribution in [-0.4, -0.2) is 21.0 Å². The lowest BCUT2D eigenvalue weighted by molar-refractivity contribution is 0.0690. The van der Waals surface area contributed by atoms with Gasteiger partial charge in [0.25, 0.3) is 0 Å². The normalized spacial score (nSPS) is 10.7. The molecular weight excluding hydrogens is 430 g/mol. The van der Waals surface area contributed by atoms with E-state index in [0.717, 1.165) is 32.4 Å². The lowest BCUT2D eigenvalue weighted by Gasteiger charge is -2.25. The zero-order valence-electron chi connectivity index (χ0n) is 17.5. The quantitative estimate of drug-likeness (QED) is 0.301. The maximum absolute atomic E-state index is 11.0. The fourth-order valence-electron chi connectivity index (χ4n) is 3.57. The maximum Gasteiger partial charge on any atom is 0.356 e. The van der Waals surface area contributed by atoms with Gasteiger partial charge in [0.05, 0.1) is 23.0 Å². The molecule has 0 radical (unpaired) electrons. The Morgan fingerprint density at radius 3 is 1.79 bits per heavy atom. The first-order chi connectivity index (χ1) is 16.2. The first-order valence-electron chi connectivity index (χ1n) is 10.4. The van der Waals surface area contributed by atoms with Crippen molar-refractivity contribution < 1.29 is 9.90 Å². The molecule has 5 nitrogen and oxygen atoms in total. The molecule has 0 fully saturated rings. The summed E-state index contributed by atoms with van der Waals surface area (Å²) < 4.78 is 0. The highest BCUT2D eigenvalue weighted by molar-refractivity contribution is 7.18. The van der Waals surface area contributed by atoms with E-state index in [1.54, 1.807) is 11.3 Å². The number of para-hydroxylation sites is 2. The minimum atomic E-state index is -1.08. The fraction of sp³-hybridized carbons (Fsp3) is 0. The number of thiophene rings is 1. The Bertz CT molecular complexity index is 1330. The third kappa shape index (κ3) is 4.37. The first-order valence-corrected chi connectivity index (χ1v) is 11.2. The van der Waals surface area contributed by atoms with E-state index in [9.17, 15) is 4.79 Å². The van der Waals surface area contributed by atoms with Gasteiger partial charge in [-0.3, -0.25) is 4.98 Å². The third-order valence-corrected chi connectivity index (χ3v) is 6.33. The molecule has 0 aliphatic heterocycles. The third-order valence-electron chi connectivity index (χ3n) is 5.17. The smallest absolute Gasteiger partial charge is 0.356 e. The van der Waals surface area contributed by atoms with Crippen molar-refractivity contribution in [2.75, 3.05) is 4.90 Å². The Hall–Kier alpha value is -4.29. The molecule has 33 heavy (non-hydrogen) atoms. The summed E-state index contributed by atoms with van der Waals surface area (Å²) in [5.41, 5.74) is 4.96. The molecule has 2 heterocycles. The van der Waals surface area contributed by atoms with Gasteiger partial charge in [-0.1, -0.05) is 48.5 Å². The van der Waals surface area contributed by atoms with E-state index in [-0.39, 0.29) is 5.69 Å². The first kappa shape index (κ1) is 20.6. The molecule has 1 N–H and O–H groups in total. The average Bonchev–Trinajstić information content (AvgIpc) is 3.36. The van der Waals surface area contributed by atoms with E-state index in [1.165, 1.54) is 12.4 Å². The maximum atomic E-state index is 11.0. The molecule has 0 amide bonds. The van der Waals surface area contributed by atoms with Gasteiger partial charge < -0.3 is 10.0 Å². The Kier molecular flexibility index (Phi) is 5.66. The number of nitrogens with zero attached hydrogens (tertiary/aromatic N) is 3. The highest BCUT2D eigenvalue weighted by Gasteiger charge is 2.13. The number of aromatic carboxylic acids is 1. The van der Waals surface area contributed by atoms with Gasteiger partial charge in [-0.15, -0.1) is 11.3 Å². The molecule has 5 rings (SSSR count). The van der Waals surface area contributed by atoms with Gasteiger partial charge in [0.2, 0.25) is 0 Å². The van der Waals surface area contributed by atoms with Crippen LogP contribution in [0.2, 0.25) is 0 Å². The number of carboxylic acids is 1. The van der Waals surface area contributed by atoms with Crippen LogP contribution in [0.5, 0.6) is 0 Å². The predicted octanol–water partition coefficient (Wildman–Crippen LogP) is 7.04. The summed E-state index contributed by atoms with van der Waals surface area (Å²) in [6, 6.07) is 33.1. The Morgan fingerprint density at radius 1 is 0.667 bits per heavy atom. The zero-order chi connectivity index (χ0) is 22.6. The van der Waals surface area contributed by atoms with Crippen molar-refractivity contribution in [3.8, 4) is 21.0 Å². The standard InChI is InChI=1S/C27H19N3O2S/c31-27(32)24-18-28-23(17-29-24)26-16-15-25(33-26)19-11-13-22(14-12-19)30(20-7-3-1-4-8-20)21-9-5-2-6-10-21/h1-18H,(H,31,32). The number of rotatable bonds is 6. The van der Waals surface area contributed by atoms with E-state index in [0.29, 0.717) is 5.69 Å². The topological polar surface area (TPSA) is 66.3 Å². The zero-order valence-corrected chi connectivity index (χ0v) is 18.3. The van der Waals surface area contributed by atoms with E-state index >= 15 is 0 Å². The summed E-state index contributed by atoms with van der Waals surface area (Å²) in [5.74, 6) is -1.08. The number of carbonyl (C=O) groups is 1. The predicted molar refractivity (Wildman–Crippen MR) is 132 cm³/mol. The van der Waals surface area contributed by atoms with Gasteiger partial charge in [0.1, 0.15) is 0 Å². The van der Waals surface area contributed by atoms with Gasteiger partial charge in [-0.2, -0.15) is 0 Å². The molecular formula is C27H19N3O2S. The van der Waals surface area contributed by atoms with Crippen LogP contribution in [0.15, 0.2) is 109 Å². The number of aromatic nitrogens is 2. The van der Waals surface area contributed by atoms with Crippen LogP contribution in [0.4, 0.5) is 17.1 Å². The Morgan fingerprint density at radius 2 is 1.24 bits per heavy atom. The fourth-order valence-corrected chi connectivity index (χ4v) is 4.55. The number of benzene rings is 3. The van der Waals surface area contributed by atoms with E-state index in [2.05, 4.69) is 63.4 Å². The van der Waals surface area contributed by atoms with Crippen molar-refractivity contribution in [2.45, 2.75) is 0 Å². The number of hydrogen-bond acceptors (Lipinski definition) is 5. The Balaban J connectivity index is 1.44. The molecule has 0 saturated carbocycles. The van der Waals surface area contributed by atoms with Crippen molar-refractivity contribution in [1.82, 2.24) is 9.97 Å². The van der Waals surface area contributed by atoms with Crippen molar-refractivity contribution in [2.24, 2.45) is 0 Å². The molecule has 5 aromatic rings. The van der Waals surface area contributed by atoms with Crippen LogP contribution in [0, 0.1) is 0 Å². The van der Waals surface area contributed by atoms with E-state index in [4.69, 9.17) is 5.11 Å². The van der Waals surface area contributed by atoms with Crippen LogP contribution in [0.25, 0.3) is 21.0 Å². The van der Waals surface area contributed by atoms with Crippen molar-refractivity contribution >= 4 is 34.4 Å². The minimum Gasteiger partial charge on any atom is -0.476 e. The SMILES string of the molecule is O=C(O)c1cnc(-c2ccc(-c3ccc(N(c4ccccc4)c4ccccc4)cc3)s2)cn1. The summed E-state index contributed by atoms with van der Waals surface area (Å²) in [5, 5.41) is 9.00. The molecule has 0 atom stereocenters. The summed E-state index contributed by atoms with van der Waals surface area (Å²) in [7, 11) is 0. The monoisotopic (exact) mass is 449 g/mol. The van der Waals surface area contributed by atoms with Crippen molar-refractivity contribution in [3.63, 3.8) is 0 Å². The largest absolute Gasteiger partial charge is 0.476 e. The summed E-state index contributed by atoms with van der Waals surface area (Å²) in [6.07, 6.45) is 2.79. The second-order valence-electron chi connectivity index (χ2n) is 7.31. The lowest BCUT2D eigenvalue weighted by Crippen LogP contribution is -2.09. The molecule has 0 aliphatic carbocycles. The Labute approximate surface area is 195 Å². The van der Waals surface area contributed by atoms with Crippen LogP contribution < -0.4 is 4.90 Å². The second-order valence-corrected chi connectivity index (χ2v) is 8.39. The summed E-state index contributed by atoms with van der Waals surface area (Å²) in [4.78, 5) is 23.5. The molecule has 0 aliphatic rings. The van der Waals surface area contributed by atoms with Gasteiger partial charge in [-0.05, 0) is 54.1 Å². The van der Waals surface area contributed by atoms with Gasteiger partial charge in [-0.25, -0.2) is 9.78 Å². The van der Waals surface area contributed by atoms with Crippen LogP contribution >= 0.6 is 11.3 Å². The minimum absolute atomic E-state index is 0.0625. The van der Waals surface area contributed by atoms with Crippen LogP contribution in [0.3, 0.4) is 0 Å². The van der Waals surface area contributed by atoms with Gasteiger partial charge in [0, 0.05) is 21.9 Å². The lowest BCUT2D eigenvalue weighted by atomic mass is 10.1. The number of anilines is 3. The molecule has 0 spiro atoms. The average molecular weight is 450 g/mol. The van der Waals surface area contributed by atoms with Crippen molar-refractivity contribution in [3.05, 3.63) is 115 Å². The molecule has 2 aromatic heterocycles. The number of carboxylic acid groups (broad SMARTS) is 1. The molecule has 0 saturated heterocycles. The molecule has 0 unspecified atom stereocenters. The molecule has 160 valence electrons. The van der Waals surface area contributed by atoms with Gasteiger partial charge in [0.15, 0.2) is 5.69 Å². The summed E-state index contributed by atoms with van der Waals surface area (Å²) in [6.45, 7) is 0. The highest BCUT2D eigenvalue weighted by atomic mass is 32.1. The summed E-state index contributed by atoms with van der Waals surface area (Å²) >= 11 is 1.60. The van der Waals surface area contributed by atoms with Crippen LogP contribution in [-0.2, 0) is 0 Å². The van der Waals surface area contributed by atoms with E-state index < -0.39 is 5.97 Å². The van der Waals surface area contributed by atoms with Crippen molar-refractivity contribution in [1.29, 1.82) is 0 Å². The molecule has 3 aromatic carbocycles.